The molecule has 5 nitrogen and oxygen atoms in total. The Morgan fingerprint density at radius 1 is 1.33 bits per heavy atom. The average Bonchev–Trinajstić information content (AvgIpc) is 3.27. The minimum absolute atomic E-state index is 0.00731. The van der Waals surface area contributed by atoms with Gasteiger partial charge in [-0.1, -0.05) is 6.07 Å². The van der Waals surface area contributed by atoms with Gasteiger partial charge in [0.15, 0.2) is 0 Å². The van der Waals surface area contributed by atoms with E-state index in [2.05, 4.69) is 5.32 Å². The largest absolute Gasteiger partial charge is 0.381 e. The molecule has 0 radical (unpaired) electrons. The van der Waals surface area contributed by atoms with E-state index in [1.54, 1.807) is 6.07 Å². The van der Waals surface area contributed by atoms with Gasteiger partial charge in [0.2, 0.25) is 11.8 Å². The maximum absolute atomic E-state index is 13.5. The molecule has 0 spiro atoms. The zero-order valence-corrected chi connectivity index (χ0v) is 13.5. The molecule has 2 heterocycles. The van der Waals surface area contributed by atoms with E-state index in [1.807, 2.05) is 4.90 Å². The first-order valence-electron chi connectivity index (χ1n) is 8.59. The SMILES string of the molecule is O=C1C[C@@H](C(=O)N(C[C@H]2CCOC2)C2CC2)c2ccc(F)cc2N1. The smallest absolute Gasteiger partial charge is 0.230 e. The molecular formula is C18H21FN2O3. The second-order valence-corrected chi connectivity index (χ2v) is 6.99. The van der Waals surface area contributed by atoms with Crippen LogP contribution in [0.3, 0.4) is 0 Å². The summed E-state index contributed by atoms with van der Waals surface area (Å²) < 4.78 is 18.9. The van der Waals surface area contributed by atoms with E-state index in [0.717, 1.165) is 25.9 Å². The van der Waals surface area contributed by atoms with Gasteiger partial charge in [-0.05, 0) is 37.0 Å². The number of nitrogens with one attached hydrogen (secondary N) is 1. The van der Waals surface area contributed by atoms with Gasteiger partial charge in [-0.2, -0.15) is 0 Å². The van der Waals surface area contributed by atoms with Crippen molar-refractivity contribution in [1.82, 2.24) is 4.90 Å². The highest BCUT2D eigenvalue weighted by molar-refractivity contribution is 6.01. The van der Waals surface area contributed by atoms with Gasteiger partial charge in [0.1, 0.15) is 5.82 Å². The molecule has 24 heavy (non-hydrogen) atoms. The first-order chi connectivity index (χ1) is 11.6. The highest BCUT2D eigenvalue weighted by Crippen LogP contribution is 2.37. The fraction of sp³-hybridized carbons (Fsp3) is 0.556. The quantitative estimate of drug-likeness (QED) is 0.920. The second-order valence-electron chi connectivity index (χ2n) is 6.99. The van der Waals surface area contributed by atoms with Gasteiger partial charge in [0, 0.05) is 37.2 Å². The third-order valence-electron chi connectivity index (χ3n) is 5.10. The van der Waals surface area contributed by atoms with Crippen molar-refractivity contribution in [2.75, 3.05) is 25.1 Å². The van der Waals surface area contributed by atoms with Crippen LogP contribution in [0, 0.1) is 11.7 Å². The topological polar surface area (TPSA) is 58.6 Å². The highest BCUT2D eigenvalue weighted by Gasteiger charge is 2.40. The summed E-state index contributed by atoms with van der Waals surface area (Å²) in [6, 6.07) is 4.55. The van der Waals surface area contributed by atoms with Crippen molar-refractivity contribution in [2.45, 2.75) is 37.6 Å². The minimum Gasteiger partial charge on any atom is -0.381 e. The zero-order chi connectivity index (χ0) is 16.7. The molecule has 4 rings (SSSR count). The van der Waals surface area contributed by atoms with Gasteiger partial charge in [0.25, 0.3) is 0 Å². The summed E-state index contributed by atoms with van der Waals surface area (Å²) in [4.78, 5) is 27.1. The lowest BCUT2D eigenvalue weighted by molar-refractivity contribution is -0.136. The number of nitrogens with zero attached hydrogens (tertiary/aromatic N) is 1. The van der Waals surface area contributed by atoms with Crippen LogP contribution < -0.4 is 5.32 Å². The third kappa shape index (κ3) is 3.02. The van der Waals surface area contributed by atoms with Crippen molar-refractivity contribution in [2.24, 2.45) is 5.92 Å². The van der Waals surface area contributed by atoms with Crippen molar-refractivity contribution in [3.8, 4) is 0 Å². The fourth-order valence-electron chi connectivity index (χ4n) is 3.67. The first-order valence-corrected chi connectivity index (χ1v) is 8.59. The van der Waals surface area contributed by atoms with E-state index in [4.69, 9.17) is 4.74 Å². The fourth-order valence-corrected chi connectivity index (χ4v) is 3.67. The van der Waals surface area contributed by atoms with Gasteiger partial charge in [-0.3, -0.25) is 9.59 Å². The number of hydrogen-bond acceptors (Lipinski definition) is 3. The number of carbonyl (C=O) groups excluding carboxylic acids is 2. The summed E-state index contributed by atoms with van der Waals surface area (Å²) in [7, 11) is 0. The normalized spacial score (nSPS) is 26.0. The molecule has 2 amide bonds. The third-order valence-corrected chi connectivity index (χ3v) is 5.10. The molecular weight excluding hydrogens is 311 g/mol. The minimum atomic E-state index is -0.516. The predicted octanol–water partition coefficient (Wildman–Crippen LogP) is 2.28. The molecule has 1 aromatic carbocycles. The summed E-state index contributed by atoms with van der Waals surface area (Å²) in [5.74, 6) is -0.792. The lowest BCUT2D eigenvalue weighted by Crippen LogP contribution is -2.42. The Morgan fingerprint density at radius 3 is 2.88 bits per heavy atom. The van der Waals surface area contributed by atoms with Gasteiger partial charge in [-0.25, -0.2) is 4.39 Å². The van der Waals surface area contributed by atoms with Crippen molar-refractivity contribution in [1.29, 1.82) is 0 Å². The Hall–Kier alpha value is -1.95. The van der Waals surface area contributed by atoms with Crippen LogP contribution in [-0.2, 0) is 14.3 Å². The maximum atomic E-state index is 13.5. The molecule has 3 aliphatic rings. The molecule has 0 aromatic heterocycles. The van der Waals surface area contributed by atoms with Crippen molar-refractivity contribution in [3.63, 3.8) is 0 Å². The number of hydrogen-bond donors (Lipinski definition) is 1. The molecule has 1 aliphatic carbocycles. The molecule has 0 unspecified atom stereocenters. The standard InChI is InChI=1S/C18H21FN2O3/c19-12-1-4-14-15(8-17(22)20-16(14)7-12)18(23)21(13-2-3-13)9-11-5-6-24-10-11/h1,4,7,11,13,15H,2-3,5-6,8-10H2,(H,20,22)/t11-,15-/m1/s1. The van der Waals surface area contributed by atoms with Crippen LogP contribution in [0.4, 0.5) is 10.1 Å². The number of halogens is 1. The van der Waals surface area contributed by atoms with Crippen LogP contribution in [-0.4, -0.2) is 42.5 Å². The van der Waals surface area contributed by atoms with Crippen LogP contribution in [0.1, 0.15) is 37.2 Å². The monoisotopic (exact) mass is 332 g/mol. The Morgan fingerprint density at radius 2 is 2.17 bits per heavy atom. The van der Waals surface area contributed by atoms with E-state index in [1.165, 1.54) is 12.1 Å². The molecule has 1 aromatic rings. The van der Waals surface area contributed by atoms with Crippen LogP contribution in [0.5, 0.6) is 0 Å². The van der Waals surface area contributed by atoms with Crippen LogP contribution in [0.2, 0.25) is 0 Å². The summed E-state index contributed by atoms with van der Waals surface area (Å²) in [5, 5.41) is 2.67. The lowest BCUT2D eigenvalue weighted by atomic mass is 9.89. The molecule has 0 bridgehead atoms. The summed E-state index contributed by atoms with van der Waals surface area (Å²) in [6.07, 6.45) is 3.15. The van der Waals surface area contributed by atoms with Crippen molar-refractivity contribution < 1.29 is 18.7 Å². The van der Waals surface area contributed by atoms with Crippen LogP contribution >= 0.6 is 0 Å². The maximum Gasteiger partial charge on any atom is 0.230 e. The number of carbonyl (C=O) groups is 2. The molecule has 2 aliphatic heterocycles. The summed E-state index contributed by atoms with van der Waals surface area (Å²) in [6.45, 7) is 2.15. The van der Waals surface area contributed by atoms with Crippen molar-refractivity contribution in [3.05, 3.63) is 29.6 Å². The number of anilines is 1. The predicted molar refractivity (Wildman–Crippen MR) is 86.0 cm³/mol. The Labute approximate surface area is 140 Å². The first kappa shape index (κ1) is 15.6. The number of ether oxygens (including phenoxy) is 1. The molecule has 1 saturated heterocycles. The molecule has 2 atom stereocenters. The van der Waals surface area contributed by atoms with Gasteiger partial charge in [-0.15, -0.1) is 0 Å². The Bertz CT molecular complexity index is 668. The van der Waals surface area contributed by atoms with Gasteiger partial charge >= 0.3 is 0 Å². The van der Waals surface area contributed by atoms with E-state index in [9.17, 15) is 14.0 Å². The van der Waals surface area contributed by atoms with E-state index < -0.39 is 11.7 Å². The zero-order valence-electron chi connectivity index (χ0n) is 13.5. The molecule has 6 heteroatoms. The van der Waals surface area contributed by atoms with E-state index in [-0.39, 0.29) is 24.3 Å². The summed E-state index contributed by atoms with van der Waals surface area (Å²) in [5.41, 5.74) is 1.14. The molecule has 128 valence electrons. The second kappa shape index (κ2) is 6.16. The molecule has 1 N–H and O–H groups in total. The number of rotatable bonds is 4. The van der Waals surface area contributed by atoms with E-state index in [0.29, 0.717) is 30.3 Å². The highest BCUT2D eigenvalue weighted by atomic mass is 19.1. The van der Waals surface area contributed by atoms with Crippen LogP contribution in [0.25, 0.3) is 0 Å². The Kier molecular flexibility index (Phi) is 4.00. The summed E-state index contributed by atoms with van der Waals surface area (Å²) >= 11 is 0. The van der Waals surface area contributed by atoms with Crippen LogP contribution in [0.15, 0.2) is 18.2 Å². The lowest BCUT2D eigenvalue weighted by Gasteiger charge is -2.32. The van der Waals surface area contributed by atoms with Crippen molar-refractivity contribution >= 4 is 17.5 Å². The average molecular weight is 332 g/mol. The Balaban J connectivity index is 1.59. The molecule has 2 fully saturated rings. The van der Waals surface area contributed by atoms with Gasteiger partial charge < -0.3 is 15.0 Å². The van der Waals surface area contributed by atoms with Gasteiger partial charge in [0.05, 0.1) is 12.5 Å². The number of fused-ring (bicyclic) bond motifs is 1. The molecule has 1 saturated carbocycles. The van der Waals surface area contributed by atoms with E-state index >= 15 is 0 Å². The number of amides is 2. The number of benzene rings is 1.